The number of allylic oxidation sites excluding steroid dienone is 25. The number of aliphatic hydroxyl groups excluding tert-OH is 2. The highest BCUT2D eigenvalue weighted by Crippen LogP contribution is 2.12. The van der Waals surface area contributed by atoms with E-state index in [-0.39, 0.29) is 12.5 Å². The molecule has 0 saturated heterocycles. The lowest BCUT2D eigenvalue weighted by molar-refractivity contribution is -0.123. The summed E-state index contributed by atoms with van der Waals surface area (Å²) in [5.74, 6) is -0.127. The van der Waals surface area contributed by atoms with Crippen LogP contribution in [0.15, 0.2) is 158 Å². The van der Waals surface area contributed by atoms with E-state index in [1.165, 1.54) is 77.0 Å². The zero-order valence-electron chi connectivity index (χ0n) is 42.4. The highest BCUT2D eigenvalue weighted by Gasteiger charge is 2.17. The van der Waals surface area contributed by atoms with Crippen molar-refractivity contribution in [1.82, 2.24) is 5.32 Å². The van der Waals surface area contributed by atoms with Gasteiger partial charge in [0.1, 0.15) is 0 Å². The zero-order chi connectivity index (χ0) is 47.7. The largest absolute Gasteiger partial charge is 0.394 e. The Labute approximate surface area is 407 Å². The van der Waals surface area contributed by atoms with Crippen molar-refractivity contribution in [1.29, 1.82) is 0 Å². The summed E-state index contributed by atoms with van der Waals surface area (Å²) in [5.41, 5.74) is 0. The number of unbranched alkanes of at least 4 members (excludes halogenated alkanes) is 15. The van der Waals surface area contributed by atoms with E-state index >= 15 is 0 Å². The van der Waals surface area contributed by atoms with Gasteiger partial charge in [-0.3, -0.25) is 4.79 Å². The summed E-state index contributed by atoms with van der Waals surface area (Å²) in [6, 6.07) is -0.682. The third-order valence-electron chi connectivity index (χ3n) is 11.0. The maximum Gasteiger partial charge on any atom is 0.220 e. The van der Waals surface area contributed by atoms with Crippen LogP contribution in [0.3, 0.4) is 0 Å². The second-order valence-electron chi connectivity index (χ2n) is 17.2. The lowest BCUT2D eigenvalue weighted by Crippen LogP contribution is -2.45. The second-order valence-corrected chi connectivity index (χ2v) is 17.2. The van der Waals surface area contributed by atoms with Crippen LogP contribution in [0.4, 0.5) is 0 Å². The molecular weight excluding hydrogens is 807 g/mol. The van der Waals surface area contributed by atoms with E-state index in [1.807, 2.05) is 6.08 Å². The summed E-state index contributed by atoms with van der Waals surface area (Å²) in [7, 11) is 0. The minimum absolute atomic E-state index is 0.127. The number of carbonyl (C=O) groups excluding carboxylic acids is 1. The van der Waals surface area contributed by atoms with Crippen LogP contribution >= 0.6 is 0 Å². The minimum Gasteiger partial charge on any atom is -0.394 e. The standard InChI is InChI=1S/C62H99NO3/c1-3-5-7-9-11-13-15-17-19-21-23-25-26-27-28-29-30-31-32-33-34-35-36-38-40-42-44-46-48-50-52-54-56-58-62(66)63-60(59-64)61(65)57-55-53-51-49-47-45-43-41-39-37-24-22-20-18-16-14-12-10-8-6-4-2/h5,7,11,13,17,19,23,25,27-28,30-31,33-34,36,38-39,41-42,44,47-50,55,57,60-61,64-65H,3-4,6,8-10,12,14-16,18,20-22,24,26,29,32,35,37,40,43,45-46,51-54,56,58-59H2,1-2H3,(H,63,66)/b7-5-,13-11-,19-17-,25-23-,28-27-,31-30-,34-33-,38-36-,41-39+,44-42-,49-47+,50-48-,57-55+. The molecule has 66 heavy (non-hydrogen) atoms. The van der Waals surface area contributed by atoms with Gasteiger partial charge in [0.15, 0.2) is 0 Å². The Morgan fingerprint density at radius 3 is 1.06 bits per heavy atom. The Kier molecular flexibility index (Phi) is 52.0. The molecule has 3 N–H and O–H groups in total. The van der Waals surface area contributed by atoms with Gasteiger partial charge in [0, 0.05) is 6.42 Å². The fourth-order valence-electron chi connectivity index (χ4n) is 6.94. The van der Waals surface area contributed by atoms with Crippen LogP contribution in [0, 0.1) is 0 Å². The number of hydrogen-bond acceptors (Lipinski definition) is 3. The van der Waals surface area contributed by atoms with Gasteiger partial charge >= 0.3 is 0 Å². The van der Waals surface area contributed by atoms with Crippen LogP contribution in [0.5, 0.6) is 0 Å². The lowest BCUT2D eigenvalue weighted by atomic mass is 10.1. The third kappa shape index (κ3) is 51.0. The Morgan fingerprint density at radius 2 is 0.682 bits per heavy atom. The first-order valence-electron chi connectivity index (χ1n) is 26.7. The Balaban J connectivity index is 3.79. The van der Waals surface area contributed by atoms with E-state index in [9.17, 15) is 15.0 Å². The van der Waals surface area contributed by atoms with Gasteiger partial charge in [-0.1, -0.05) is 236 Å². The van der Waals surface area contributed by atoms with Crippen molar-refractivity contribution in [3.05, 3.63) is 158 Å². The summed E-state index contributed by atoms with van der Waals surface area (Å²) in [6.07, 6.45) is 89.5. The predicted octanol–water partition coefficient (Wildman–Crippen LogP) is 17.8. The quantitative estimate of drug-likeness (QED) is 0.0421. The highest BCUT2D eigenvalue weighted by atomic mass is 16.3. The van der Waals surface area contributed by atoms with Gasteiger partial charge in [-0.05, 0) is 122 Å². The van der Waals surface area contributed by atoms with Crippen molar-refractivity contribution in [3.8, 4) is 0 Å². The first kappa shape index (κ1) is 62.0. The maximum atomic E-state index is 12.4. The molecule has 0 aliphatic rings. The first-order valence-corrected chi connectivity index (χ1v) is 26.7. The molecule has 2 unspecified atom stereocenters. The molecule has 0 fully saturated rings. The van der Waals surface area contributed by atoms with Crippen molar-refractivity contribution in [2.24, 2.45) is 0 Å². The molecular formula is C62H99NO3. The molecule has 0 aliphatic carbocycles. The smallest absolute Gasteiger partial charge is 0.220 e. The van der Waals surface area contributed by atoms with E-state index in [0.29, 0.717) is 6.42 Å². The van der Waals surface area contributed by atoms with Gasteiger partial charge in [-0.25, -0.2) is 0 Å². The van der Waals surface area contributed by atoms with E-state index in [0.717, 1.165) is 109 Å². The van der Waals surface area contributed by atoms with Crippen LogP contribution in [-0.4, -0.2) is 34.9 Å². The second kappa shape index (κ2) is 55.3. The van der Waals surface area contributed by atoms with Gasteiger partial charge in [0.05, 0.1) is 18.8 Å². The van der Waals surface area contributed by atoms with E-state index in [1.54, 1.807) is 6.08 Å². The number of rotatable bonds is 46. The molecule has 0 rings (SSSR count). The van der Waals surface area contributed by atoms with Gasteiger partial charge in [-0.2, -0.15) is 0 Å². The molecule has 0 radical (unpaired) electrons. The molecule has 1 amide bonds. The third-order valence-corrected chi connectivity index (χ3v) is 11.0. The summed E-state index contributed by atoms with van der Waals surface area (Å²) in [5, 5.41) is 23.1. The molecule has 370 valence electrons. The fraction of sp³-hybridized carbons (Fsp3) is 0.565. The monoisotopic (exact) mass is 906 g/mol. The van der Waals surface area contributed by atoms with Crippen molar-refractivity contribution in [2.45, 2.75) is 219 Å². The van der Waals surface area contributed by atoms with Crippen molar-refractivity contribution in [2.75, 3.05) is 6.61 Å². The number of nitrogens with one attached hydrogen (secondary N) is 1. The van der Waals surface area contributed by atoms with Crippen LogP contribution in [0.2, 0.25) is 0 Å². The van der Waals surface area contributed by atoms with Crippen LogP contribution in [0.1, 0.15) is 206 Å². The summed E-state index contributed by atoms with van der Waals surface area (Å²) in [4.78, 5) is 12.4. The number of amides is 1. The molecule has 0 heterocycles. The molecule has 0 aromatic rings. The zero-order valence-corrected chi connectivity index (χ0v) is 42.4. The van der Waals surface area contributed by atoms with Crippen molar-refractivity contribution in [3.63, 3.8) is 0 Å². The number of hydrogen-bond donors (Lipinski definition) is 3. The topological polar surface area (TPSA) is 69.6 Å². The predicted molar refractivity (Wildman–Crippen MR) is 294 cm³/mol. The molecule has 0 spiro atoms. The maximum absolute atomic E-state index is 12.4. The van der Waals surface area contributed by atoms with E-state index in [4.69, 9.17) is 0 Å². The van der Waals surface area contributed by atoms with Gasteiger partial charge in [-0.15, -0.1) is 0 Å². The summed E-state index contributed by atoms with van der Waals surface area (Å²) in [6.45, 7) is 4.15. The van der Waals surface area contributed by atoms with Gasteiger partial charge in [0.25, 0.3) is 0 Å². The Bertz CT molecular complexity index is 1440. The average molecular weight is 906 g/mol. The SMILES string of the molecule is CC/C=C\C/C=C\C/C=C\C/C=C\C/C=C\C/C=C\C/C=C\C/C=C\C/C=C\C/C=C\CCCCC(=O)NC(CO)C(O)/C=C/CC/C=C/CC/C=C/CCCCCCCCCCCCC. The van der Waals surface area contributed by atoms with E-state index < -0.39 is 12.1 Å². The minimum atomic E-state index is -0.902. The molecule has 0 aromatic heterocycles. The molecule has 0 saturated carbocycles. The molecule has 0 bridgehead atoms. The molecule has 2 atom stereocenters. The van der Waals surface area contributed by atoms with E-state index in [2.05, 4.69) is 165 Å². The van der Waals surface area contributed by atoms with Crippen LogP contribution in [-0.2, 0) is 4.79 Å². The Hall–Kier alpha value is -3.99. The average Bonchev–Trinajstić information content (AvgIpc) is 3.32. The van der Waals surface area contributed by atoms with Gasteiger partial charge < -0.3 is 15.5 Å². The fourth-order valence-corrected chi connectivity index (χ4v) is 6.94. The molecule has 0 aromatic carbocycles. The summed E-state index contributed by atoms with van der Waals surface area (Å²) < 4.78 is 0. The highest BCUT2D eigenvalue weighted by molar-refractivity contribution is 5.76. The lowest BCUT2D eigenvalue weighted by Gasteiger charge is -2.19. The van der Waals surface area contributed by atoms with Gasteiger partial charge in [0.2, 0.25) is 5.91 Å². The molecule has 4 nitrogen and oxygen atoms in total. The normalized spacial score (nSPS) is 14.2. The van der Waals surface area contributed by atoms with Crippen molar-refractivity contribution < 1.29 is 15.0 Å². The van der Waals surface area contributed by atoms with Crippen LogP contribution < -0.4 is 5.32 Å². The number of carbonyl (C=O) groups is 1. The summed E-state index contributed by atoms with van der Waals surface area (Å²) >= 11 is 0. The number of aliphatic hydroxyl groups is 2. The first-order chi connectivity index (χ1) is 32.7. The molecule has 4 heteroatoms. The Morgan fingerprint density at radius 1 is 0.379 bits per heavy atom. The van der Waals surface area contributed by atoms with Crippen LogP contribution in [0.25, 0.3) is 0 Å². The molecule has 0 aliphatic heterocycles. The van der Waals surface area contributed by atoms with Crippen molar-refractivity contribution >= 4 is 5.91 Å².